The highest BCUT2D eigenvalue weighted by molar-refractivity contribution is 5.92. The minimum absolute atomic E-state index is 0.198. The Balaban J connectivity index is 1.90. The zero-order valence-electron chi connectivity index (χ0n) is 13.6. The lowest BCUT2D eigenvalue weighted by molar-refractivity contribution is 0.0946. The smallest absolute Gasteiger partial charge is 0.270 e. The molecule has 0 aliphatic carbocycles. The fraction of sp³-hybridized carbons (Fsp3) is 0.333. The highest BCUT2D eigenvalue weighted by Crippen LogP contribution is 2.16. The van der Waals surface area contributed by atoms with Gasteiger partial charge in [-0.1, -0.05) is 31.5 Å². The third-order valence-electron chi connectivity index (χ3n) is 3.49. The molecule has 0 aliphatic rings. The number of benzene rings is 1. The third kappa shape index (κ3) is 4.98. The lowest BCUT2D eigenvalue weighted by Gasteiger charge is -2.10. The monoisotopic (exact) mass is 313 g/mol. The number of anilines is 1. The van der Waals surface area contributed by atoms with E-state index in [0.717, 1.165) is 36.4 Å². The molecule has 2 N–H and O–H groups in total. The Labute approximate surface area is 137 Å². The summed E-state index contributed by atoms with van der Waals surface area (Å²) in [5.74, 6) is 0.562. The SMILES string of the molecule is CCCCNc1ccc(C(=O)NCc2ccccc2OC)nc1. The van der Waals surface area contributed by atoms with Gasteiger partial charge in [0, 0.05) is 18.7 Å². The molecule has 1 aromatic heterocycles. The Bertz CT molecular complexity index is 626. The van der Waals surface area contributed by atoms with Gasteiger partial charge in [0.25, 0.3) is 5.91 Å². The molecule has 0 radical (unpaired) electrons. The van der Waals surface area contributed by atoms with Gasteiger partial charge in [0.1, 0.15) is 11.4 Å². The second kappa shape index (κ2) is 8.78. The lowest BCUT2D eigenvalue weighted by atomic mass is 10.2. The molecule has 5 heteroatoms. The van der Waals surface area contributed by atoms with E-state index >= 15 is 0 Å². The number of para-hydroxylation sites is 1. The Morgan fingerprint density at radius 2 is 2.04 bits per heavy atom. The zero-order chi connectivity index (χ0) is 16.5. The van der Waals surface area contributed by atoms with Crippen molar-refractivity contribution in [2.24, 2.45) is 0 Å². The first-order valence-electron chi connectivity index (χ1n) is 7.84. The number of ether oxygens (including phenoxy) is 1. The molecular formula is C18H23N3O2. The molecule has 0 unspecified atom stereocenters. The summed E-state index contributed by atoms with van der Waals surface area (Å²) >= 11 is 0. The molecule has 0 saturated heterocycles. The molecule has 0 spiro atoms. The quantitative estimate of drug-likeness (QED) is 0.734. The van der Waals surface area contributed by atoms with Crippen molar-refractivity contribution in [3.05, 3.63) is 53.9 Å². The number of unbranched alkanes of at least 4 members (excludes halogenated alkanes) is 1. The van der Waals surface area contributed by atoms with E-state index in [4.69, 9.17) is 4.74 Å². The number of nitrogens with zero attached hydrogens (tertiary/aromatic N) is 1. The van der Waals surface area contributed by atoms with E-state index < -0.39 is 0 Å². The van der Waals surface area contributed by atoms with Crippen LogP contribution in [0.1, 0.15) is 35.8 Å². The van der Waals surface area contributed by atoms with Crippen LogP contribution < -0.4 is 15.4 Å². The standard InChI is InChI=1S/C18H23N3O2/c1-3-4-11-19-15-9-10-16(20-13-15)18(22)21-12-14-7-5-6-8-17(14)23-2/h5-10,13,19H,3-4,11-12H2,1-2H3,(H,21,22). The van der Waals surface area contributed by atoms with Crippen molar-refractivity contribution in [1.82, 2.24) is 10.3 Å². The Hall–Kier alpha value is -2.56. The van der Waals surface area contributed by atoms with E-state index in [1.807, 2.05) is 30.3 Å². The summed E-state index contributed by atoms with van der Waals surface area (Å²) in [5, 5.41) is 6.13. The molecule has 0 saturated carbocycles. The number of aromatic nitrogens is 1. The predicted octanol–water partition coefficient (Wildman–Crippen LogP) is 3.23. The summed E-state index contributed by atoms with van der Waals surface area (Å²) in [6.45, 7) is 3.47. The van der Waals surface area contributed by atoms with Crippen LogP contribution in [-0.2, 0) is 6.54 Å². The van der Waals surface area contributed by atoms with Gasteiger partial charge in [0.15, 0.2) is 0 Å². The van der Waals surface area contributed by atoms with Crippen LogP contribution in [0.5, 0.6) is 5.75 Å². The number of carbonyl (C=O) groups excluding carboxylic acids is 1. The van der Waals surface area contributed by atoms with Crippen LogP contribution in [0.3, 0.4) is 0 Å². The first kappa shape index (κ1) is 16.8. The van der Waals surface area contributed by atoms with Crippen LogP contribution in [0.15, 0.2) is 42.6 Å². The van der Waals surface area contributed by atoms with E-state index in [-0.39, 0.29) is 5.91 Å². The number of rotatable bonds is 8. The van der Waals surface area contributed by atoms with Gasteiger partial charge in [0.2, 0.25) is 0 Å². The maximum atomic E-state index is 12.2. The molecule has 23 heavy (non-hydrogen) atoms. The molecule has 0 fully saturated rings. The summed E-state index contributed by atoms with van der Waals surface area (Å²) in [6, 6.07) is 11.2. The van der Waals surface area contributed by atoms with Crippen LogP contribution in [0.25, 0.3) is 0 Å². The van der Waals surface area contributed by atoms with Crippen molar-refractivity contribution in [2.75, 3.05) is 19.0 Å². The van der Waals surface area contributed by atoms with Gasteiger partial charge in [-0.25, -0.2) is 4.98 Å². The number of hydrogen-bond donors (Lipinski definition) is 2. The number of carbonyl (C=O) groups is 1. The average Bonchev–Trinajstić information content (AvgIpc) is 2.60. The molecule has 0 bridgehead atoms. The molecule has 0 atom stereocenters. The highest BCUT2D eigenvalue weighted by atomic mass is 16.5. The van der Waals surface area contributed by atoms with E-state index in [1.165, 1.54) is 0 Å². The van der Waals surface area contributed by atoms with Crippen molar-refractivity contribution in [3.63, 3.8) is 0 Å². The second-order valence-corrected chi connectivity index (χ2v) is 5.21. The van der Waals surface area contributed by atoms with Crippen LogP contribution in [0.4, 0.5) is 5.69 Å². The average molecular weight is 313 g/mol. The van der Waals surface area contributed by atoms with Crippen molar-refractivity contribution >= 4 is 11.6 Å². The van der Waals surface area contributed by atoms with Gasteiger partial charge >= 0.3 is 0 Å². The van der Waals surface area contributed by atoms with Crippen molar-refractivity contribution in [2.45, 2.75) is 26.3 Å². The first-order valence-corrected chi connectivity index (χ1v) is 7.84. The van der Waals surface area contributed by atoms with E-state index in [9.17, 15) is 4.79 Å². The number of nitrogens with one attached hydrogen (secondary N) is 2. The number of methoxy groups -OCH3 is 1. The number of hydrogen-bond acceptors (Lipinski definition) is 4. The van der Waals surface area contributed by atoms with Gasteiger partial charge in [-0.05, 0) is 24.6 Å². The molecule has 0 aliphatic heterocycles. The second-order valence-electron chi connectivity index (χ2n) is 5.21. The molecule has 1 aromatic carbocycles. The van der Waals surface area contributed by atoms with Gasteiger partial charge < -0.3 is 15.4 Å². The molecule has 1 amide bonds. The number of amides is 1. The minimum atomic E-state index is -0.198. The lowest BCUT2D eigenvalue weighted by Crippen LogP contribution is -2.24. The Kier molecular flexibility index (Phi) is 6.41. The maximum Gasteiger partial charge on any atom is 0.270 e. The van der Waals surface area contributed by atoms with E-state index in [2.05, 4.69) is 22.5 Å². The van der Waals surface area contributed by atoms with Crippen molar-refractivity contribution < 1.29 is 9.53 Å². The highest BCUT2D eigenvalue weighted by Gasteiger charge is 2.08. The molecular weight excluding hydrogens is 290 g/mol. The van der Waals surface area contributed by atoms with Gasteiger partial charge in [-0.2, -0.15) is 0 Å². The largest absolute Gasteiger partial charge is 0.496 e. The normalized spacial score (nSPS) is 10.2. The predicted molar refractivity (Wildman–Crippen MR) is 91.8 cm³/mol. The van der Waals surface area contributed by atoms with Crippen molar-refractivity contribution in [1.29, 1.82) is 0 Å². The summed E-state index contributed by atoms with van der Waals surface area (Å²) in [7, 11) is 1.62. The topological polar surface area (TPSA) is 63.2 Å². The Morgan fingerprint density at radius 1 is 1.22 bits per heavy atom. The van der Waals surface area contributed by atoms with Crippen LogP contribution in [-0.4, -0.2) is 24.5 Å². The third-order valence-corrected chi connectivity index (χ3v) is 3.49. The molecule has 2 rings (SSSR count). The summed E-state index contributed by atoms with van der Waals surface area (Å²) in [6.07, 6.45) is 3.94. The first-order chi connectivity index (χ1) is 11.2. The summed E-state index contributed by atoms with van der Waals surface area (Å²) in [5.41, 5.74) is 2.27. The Morgan fingerprint density at radius 3 is 2.74 bits per heavy atom. The molecule has 122 valence electrons. The van der Waals surface area contributed by atoms with E-state index in [1.54, 1.807) is 19.4 Å². The van der Waals surface area contributed by atoms with Gasteiger partial charge in [0.05, 0.1) is 19.0 Å². The van der Waals surface area contributed by atoms with Crippen LogP contribution in [0, 0.1) is 0 Å². The minimum Gasteiger partial charge on any atom is -0.496 e. The van der Waals surface area contributed by atoms with Crippen LogP contribution in [0.2, 0.25) is 0 Å². The van der Waals surface area contributed by atoms with Gasteiger partial charge in [-0.15, -0.1) is 0 Å². The zero-order valence-corrected chi connectivity index (χ0v) is 13.6. The number of pyridine rings is 1. The molecule has 2 aromatic rings. The summed E-state index contributed by atoms with van der Waals surface area (Å²) < 4.78 is 5.27. The maximum absolute atomic E-state index is 12.2. The van der Waals surface area contributed by atoms with E-state index in [0.29, 0.717) is 12.2 Å². The fourth-order valence-electron chi connectivity index (χ4n) is 2.16. The molecule has 1 heterocycles. The molecule has 5 nitrogen and oxygen atoms in total. The summed E-state index contributed by atoms with van der Waals surface area (Å²) in [4.78, 5) is 16.4. The van der Waals surface area contributed by atoms with Crippen molar-refractivity contribution in [3.8, 4) is 5.75 Å². The van der Waals surface area contributed by atoms with Crippen LogP contribution >= 0.6 is 0 Å². The van der Waals surface area contributed by atoms with Gasteiger partial charge in [-0.3, -0.25) is 4.79 Å². The fourth-order valence-corrected chi connectivity index (χ4v) is 2.16.